The number of nitriles is 1. The molecule has 2 radical (unpaired) electrons. The van der Waals surface area contributed by atoms with E-state index >= 15 is 0 Å². The molecule has 1 aliphatic rings. The summed E-state index contributed by atoms with van der Waals surface area (Å²) in [5.41, 5.74) is 4.01. The molecule has 3 aromatic rings. The smallest absolute Gasteiger partial charge is 0.414 e. The van der Waals surface area contributed by atoms with E-state index < -0.39 is 22.2 Å². The van der Waals surface area contributed by atoms with Gasteiger partial charge < -0.3 is 19.5 Å². The molecule has 0 saturated carbocycles. The number of aromatic nitrogens is 2. The fraction of sp³-hybridized carbons (Fsp3) is 0.375. The first-order valence-corrected chi connectivity index (χ1v) is 14.3. The van der Waals surface area contributed by atoms with Crippen molar-refractivity contribution in [3.8, 4) is 17.3 Å². The molecule has 3 atom stereocenters. The van der Waals surface area contributed by atoms with E-state index in [4.69, 9.17) is 27.0 Å². The zero-order chi connectivity index (χ0) is 31.7. The lowest BCUT2D eigenvalue weighted by molar-refractivity contribution is 0.0571. The van der Waals surface area contributed by atoms with Crippen LogP contribution in [0, 0.1) is 11.3 Å². The molecule has 0 aliphatic carbocycles. The third kappa shape index (κ3) is 7.01. The molecule has 9 nitrogen and oxygen atoms in total. The Kier molecular flexibility index (Phi) is 8.92. The average Bonchev–Trinajstić information content (AvgIpc) is 3.23. The minimum Gasteiger partial charge on any atom is -0.497 e. The van der Waals surface area contributed by atoms with Gasteiger partial charge in [-0.05, 0) is 73.4 Å². The summed E-state index contributed by atoms with van der Waals surface area (Å²) in [7, 11) is 12.2. The monoisotopic (exact) mass is 597 g/mol. The normalized spacial score (nSPS) is 17.4. The molecule has 222 valence electrons. The van der Waals surface area contributed by atoms with E-state index in [1.807, 2.05) is 58.9 Å². The lowest BCUT2D eigenvalue weighted by atomic mass is 9.80. The molecular formula is C32H37BN5O4P. The maximum atomic E-state index is 13.2. The largest absolute Gasteiger partial charge is 0.497 e. The van der Waals surface area contributed by atoms with Crippen LogP contribution in [0.5, 0.6) is 0 Å². The maximum Gasteiger partial charge on any atom is 0.414 e. The summed E-state index contributed by atoms with van der Waals surface area (Å²) >= 11 is 0. The van der Waals surface area contributed by atoms with E-state index in [1.54, 1.807) is 32.5 Å². The number of hydrogen-bond donors (Lipinski definition) is 1. The standard InChI is InChI=1S/C32H37BN5O4P/c1-19(41-8)20-12-23(32(6,33)43)15-24(13-20)36-28-35-10-9-26(37-28)21-11-22(16-34)27-25(14-21)31(5,18-40-7)17-38(27)29(39)42-30(2,3)4/h9-15H,1,17-18,43H2,2-8H3,(H,35,36,37). The van der Waals surface area contributed by atoms with Crippen molar-refractivity contribution in [3.63, 3.8) is 0 Å². The van der Waals surface area contributed by atoms with Crippen molar-refractivity contribution >= 4 is 46.3 Å². The molecule has 0 fully saturated rings. The average molecular weight is 597 g/mol. The van der Waals surface area contributed by atoms with Gasteiger partial charge in [-0.25, -0.2) is 14.8 Å². The Morgan fingerprint density at radius 1 is 1.23 bits per heavy atom. The number of nitrogens with one attached hydrogen (secondary N) is 1. The SMILES string of the molecule is [B]C(C)(P)c1cc(Nc2nccc(-c3cc(C#N)c4c(c3)C(C)(COC)CN4C(=O)OC(C)(C)C)n2)cc(C(=C)OC)c1. The Morgan fingerprint density at radius 3 is 2.56 bits per heavy atom. The van der Waals surface area contributed by atoms with Crippen LogP contribution in [-0.2, 0) is 24.7 Å². The van der Waals surface area contributed by atoms with Crippen LogP contribution in [0.3, 0.4) is 0 Å². The summed E-state index contributed by atoms with van der Waals surface area (Å²) in [6, 6.07) is 13.5. The van der Waals surface area contributed by atoms with E-state index in [2.05, 4.69) is 32.2 Å². The van der Waals surface area contributed by atoms with E-state index in [0.29, 0.717) is 53.1 Å². The van der Waals surface area contributed by atoms with Crippen molar-refractivity contribution in [1.29, 1.82) is 5.26 Å². The minimum atomic E-state index is -0.691. The van der Waals surface area contributed by atoms with Crippen LogP contribution < -0.4 is 10.2 Å². The van der Waals surface area contributed by atoms with Gasteiger partial charge in [0.1, 0.15) is 17.4 Å². The van der Waals surface area contributed by atoms with Crippen LogP contribution in [0.2, 0.25) is 0 Å². The summed E-state index contributed by atoms with van der Waals surface area (Å²) < 4.78 is 16.6. The van der Waals surface area contributed by atoms with E-state index in [0.717, 1.165) is 16.7 Å². The number of fused-ring (bicyclic) bond motifs is 1. The Balaban J connectivity index is 1.77. The van der Waals surface area contributed by atoms with E-state index in [9.17, 15) is 10.1 Å². The summed E-state index contributed by atoms with van der Waals surface area (Å²) in [5, 5.41) is 12.8. The number of methoxy groups -OCH3 is 2. The van der Waals surface area contributed by atoms with E-state index in [1.165, 1.54) is 4.90 Å². The van der Waals surface area contributed by atoms with Crippen molar-refractivity contribution in [3.05, 3.63) is 71.4 Å². The second-order valence-electron chi connectivity index (χ2n) is 12.2. The van der Waals surface area contributed by atoms with Crippen molar-refractivity contribution < 1.29 is 19.0 Å². The molecule has 2 heterocycles. The summed E-state index contributed by atoms with van der Waals surface area (Å²) in [6.45, 7) is 13.9. The van der Waals surface area contributed by atoms with Crippen LogP contribution in [0.4, 0.5) is 22.1 Å². The van der Waals surface area contributed by atoms with Crippen molar-refractivity contribution in [2.45, 2.75) is 50.7 Å². The molecule has 1 amide bonds. The Bertz CT molecular complexity index is 1610. The number of amides is 1. The van der Waals surface area contributed by atoms with Gasteiger partial charge in [0.2, 0.25) is 5.95 Å². The highest BCUT2D eigenvalue weighted by molar-refractivity contribution is 7.21. The number of carbonyl (C=O) groups is 1. The van der Waals surface area contributed by atoms with Crippen LogP contribution >= 0.6 is 9.24 Å². The van der Waals surface area contributed by atoms with Gasteiger partial charge in [-0.3, -0.25) is 4.90 Å². The highest BCUT2D eigenvalue weighted by atomic mass is 31.0. The number of benzene rings is 2. The molecule has 43 heavy (non-hydrogen) atoms. The van der Waals surface area contributed by atoms with Crippen molar-refractivity contribution in [2.24, 2.45) is 0 Å². The fourth-order valence-corrected chi connectivity index (χ4v) is 5.21. The summed E-state index contributed by atoms with van der Waals surface area (Å²) in [4.78, 5) is 23.9. The topological polar surface area (TPSA) is 110 Å². The molecule has 1 aliphatic heterocycles. The first-order valence-electron chi connectivity index (χ1n) is 13.7. The molecule has 1 N–H and O–H groups in total. The zero-order valence-electron chi connectivity index (χ0n) is 25.7. The molecule has 0 saturated heterocycles. The highest BCUT2D eigenvalue weighted by Gasteiger charge is 2.44. The number of ether oxygens (including phenoxy) is 3. The van der Waals surface area contributed by atoms with Crippen LogP contribution in [0.25, 0.3) is 17.0 Å². The van der Waals surface area contributed by atoms with Gasteiger partial charge in [0, 0.05) is 42.1 Å². The summed E-state index contributed by atoms with van der Waals surface area (Å²) in [5.74, 6) is 0.843. The predicted octanol–water partition coefficient (Wildman–Crippen LogP) is 6.25. The molecular weight excluding hydrogens is 560 g/mol. The molecule has 0 spiro atoms. The lowest BCUT2D eigenvalue weighted by Crippen LogP contribution is -2.40. The fourth-order valence-electron chi connectivity index (χ4n) is 5.04. The third-order valence-corrected chi connectivity index (χ3v) is 7.40. The van der Waals surface area contributed by atoms with Gasteiger partial charge in [-0.2, -0.15) is 5.26 Å². The van der Waals surface area contributed by atoms with Crippen molar-refractivity contribution in [2.75, 3.05) is 37.6 Å². The first kappa shape index (κ1) is 32.0. The zero-order valence-corrected chi connectivity index (χ0v) is 26.9. The summed E-state index contributed by atoms with van der Waals surface area (Å²) in [6.07, 6.45) is 1.13. The Morgan fingerprint density at radius 2 is 1.95 bits per heavy atom. The maximum absolute atomic E-state index is 13.2. The van der Waals surface area contributed by atoms with Crippen LogP contribution in [0.15, 0.2) is 49.2 Å². The van der Waals surface area contributed by atoms with Crippen LogP contribution in [-0.4, -0.2) is 56.9 Å². The second kappa shape index (κ2) is 12.0. The number of nitrogens with zero attached hydrogens (tertiary/aromatic N) is 4. The van der Waals surface area contributed by atoms with Gasteiger partial charge in [0.25, 0.3) is 0 Å². The van der Waals surface area contributed by atoms with Crippen molar-refractivity contribution in [1.82, 2.24) is 9.97 Å². The van der Waals surface area contributed by atoms with Gasteiger partial charge in [0.05, 0.1) is 38.5 Å². The number of rotatable bonds is 8. The number of carbonyl (C=O) groups excluding carboxylic acids is 1. The Labute approximate surface area is 257 Å². The van der Waals surface area contributed by atoms with Gasteiger partial charge in [0.15, 0.2) is 0 Å². The first-order chi connectivity index (χ1) is 20.1. The molecule has 11 heteroatoms. The van der Waals surface area contributed by atoms with E-state index in [-0.39, 0.29) is 0 Å². The third-order valence-electron chi connectivity index (χ3n) is 7.07. The molecule has 4 rings (SSSR count). The molecule has 3 unspecified atom stereocenters. The van der Waals surface area contributed by atoms with Gasteiger partial charge in [-0.15, -0.1) is 9.24 Å². The lowest BCUT2D eigenvalue weighted by Gasteiger charge is -2.27. The molecule has 2 aromatic carbocycles. The van der Waals surface area contributed by atoms with Gasteiger partial charge in [-0.1, -0.05) is 20.4 Å². The van der Waals surface area contributed by atoms with Crippen LogP contribution in [0.1, 0.15) is 56.9 Å². The molecule has 0 bridgehead atoms. The predicted molar refractivity (Wildman–Crippen MR) is 174 cm³/mol. The van der Waals surface area contributed by atoms with Gasteiger partial charge >= 0.3 is 6.09 Å². The number of anilines is 3. The Hall–Kier alpha value is -3.93. The quantitative estimate of drug-likeness (QED) is 0.184. The second-order valence-corrected chi connectivity index (χ2v) is 13.4. The number of hydrogen-bond acceptors (Lipinski definition) is 8. The minimum absolute atomic E-state index is 0.307. The highest BCUT2D eigenvalue weighted by Crippen LogP contribution is 2.45. The molecule has 1 aromatic heterocycles.